The SMILES string of the molecule is CCCCN1c2ccccc2Sc2cc(-c3nc4c(ccc5c6ccccc6cc(-c6ccc(C(C)(C)C)cc6)c54)[nH]3)ccc21. The third-order valence-corrected chi connectivity index (χ3v) is 10.3. The summed E-state index contributed by atoms with van der Waals surface area (Å²) in [6.07, 6.45) is 2.33. The zero-order valence-electron chi connectivity index (χ0n) is 26.3. The van der Waals surface area contributed by atoms with E-state index in [0.717, 1.165) is 35.4 Å². The lowest BCUT2D eigenvalue weighted by atomic mass is 9.85. The lowest BCUT2D eigenvalue weighted by Gasteiger charge is -2.33. The summed E-state index contributed by atoms with van der Waals surface area (Å²) in [6, 6.07) is 40.2. The van der Waals surface area contributed by atoms with E-state index < -0.39 is 0 Å². The first-order valence-electron chi connectivity index (χ1n) is 16.0. The molecule has 6 aromatic carbocycles. The van der Waals surface area contributed by atoms with Crippen molar-refractivity contribution in [2.45, 2.75) is 55.7 Å². The van der Waals surface area contributed by atoms with Gasteiger partial charge in [0.05, 0.1) is 22.4 Å². The monoisotopic (exact) mass is 603 g/mol. The Bertz CT molecular complexity index is 2220. The second-order valence-electron chi connectivity index (χ2n) is 13.2. The molecule has 1 N–H and O–H groups in total. The van der Waals surface area contributed by atoms with Gasteiger partial charge in [0.15, 0.2) is 0 Å². The van der Waals surface area contributed by atoms with Crippen LogP contribution in [0.25, 0.3) is 55.1 Å². The molecule has 0 saturated heterocycles. The fourth-order valence-electron chi connectivity index (χ4n) is 6.72. The summed E-state index contributed by atoms with van der Waals surface area (Å²) in [5, 5.41) is 4.93. The highest BCUT2D eigenvalue weighted by molar-refractivity contribution is 7.99. The number of H-pyrrole nitrogens is 1. The van der Waals surface area contributed by atoms with Crippen molar-refractivity contribution in [3.8, 4) is 22.5 Å². The van der Waals surface area contributed by atoms with Crippen LogP contribution in [-0.2, 0) is 5.41 Å². The number of fused-ring (bicyclic) bond motifs is 7. The molecule has 45 heavy (non-hydrogen) atoms. The minimum Gasteiger partial charge on any atom is -0.340 e. The van der Waals surface area contributed by atoms with Crippen LogP contribution in [0.3, 0.4) is 0 Å². The maximum Gasteiger partial charge on any atom is 0.138 e. The van der Waals surface area contributed by atoms with Crippen molar-refractivity contribution >= 4 is 55.7 Å². The lowest BCUT2D eigenvalue weighted by molar-refractivity contribution is 0.590. The molecule has 1 aliphatic heterocycles. The Morgan fingerprint density at radius 2 is 1.49 bits per heavy atom. The van der Waals surface area contributed by atoms with Crippen LogP contribution in [0.2, 0.25) is 0 Å². The van der Waals surface area contributed by atoms with E-state index in [2.05, 4.69) is 147 Å². The zero-order valence-corrected chi connectivity index (χ0v) is 27.1. The Kier molecular flexibility index (Phi) is 6.72. The van der Waals surface area contributed by atoms with E-state index in [0.29, 0.717) is 0 Å². The van der Waals surface area contributed by atoms with E-state index in [1.54, 1.807) is 0 Å². The third-order valence-electron chi connectivity index (χ3n) is 9.17. The van der Waals surface area contributed by atoms with Crippen molar-refractivity contribution in [1.82, 2.24) is 9.97 Å². The molecule has 0 atom stereocenters. The number of rotatable bonds is 5. The van der Waals surface area contributed by atoms with Crippen LogP contribution in [0.1, 0.15) is 46.1 Å². The van der Waals surface area contributed by atoms with Crippen LogP contribution in [0, 0.1) is 0 Å². The van der Waals surface area contributed by atoms with Gasteiger partial charge in [-0.05, 0) is 87.1 Å². The molecule has 8 rings (SSSR count). The van der Waals surface area contributed by atoms with Crippen LogP contribution in [0.15, 0.2) is 119 Å². The zero-order chi connectivity index (χ0) is 30.7. The predicted octanol–water partition coefficient (Wildman–Crippen LogP) is 11.9. The number of anilines is 2. The van der Waals surface area contributed by atoms with Crippen molar-refractivity contribution in [2.75, 3.05) is 11.4 Å². The number of unbranched alkanes of at least 4 members (excludes halogenated alkanes) is 1. The molecule has 4 heteroatoms. The molecule has 0 aliphatic carbocycles. The van der Waals surface area contributed by atoms with Crippen LogP contribution < -0.4 is 4.90 Å². The van der Waals surface area contributed by atoms with Gasteiger partial charge in [0.25, 0.3) is 0 Å². The second-order valence-corrected chi connectivity index (χ2v) is 14.3. The lowest BCUT2D eigenvalue weighted by Crippen LogP contribution is -2.21. The highest BCUT2D eigenvalue weighted by Crippen LogP contribution is 2.49. The van der Waals surface area contributed by atoms with E-state index in [9.17, 15) is 0 Å². The van der Waals surface area contributed by atoms with Crippen LogP contribution in [0.4, 0.5) is 11.4 Å². The molecular formula is C41H37N3S. The fourth-order valence-corrected chi connectivity index (χ4v) is 7.86. The summed E-state index contributed by atoms with van der Waals surface area (Å²) in [5.41, 5.74) is 9.65. The van der Waals surface area contributed by atoms with Crippen molar-refractivity contribution in [2.24, 2.45) is 0 Å². The Hall–Kier alpha value is -4.54. The molecule has 1 aromatic heterocycles. The molecule has 7 aromatic rings. The van der Waals surface area contributed by atoms with Gasteiger partial charge in [0.2, 0.25) is 0 Å². The van der Waals surface area contributed by atoms with Crippen molar-refractivity contribution in [3.05, 3.63) is 115 Å². The van der Waals surface area contributed by atoms with Gasteiger partial charge < -0.3 is 9.88 Å². The molecule has 0 amide bonds. The number of nitrogens with zero attached hydrogens (tertiary/aromatic N) is 2. The molecule has 0 saturated carbocycles. The summed E-state index contributed by atoms with van der Waals surface area (Å²) in [5.74, 6) is 0.905. The van der Waals surface area contributed by atoms with E-state index in [-0.39, 0.29) is 5.41 Å². The van der Waals surface area contributed by atoms with Gasteiger partial charge in [-0.15, -0.1) is 0 Å². The molecule has 0 spiro atoms. The standard InChI is InChI=1S/C41H37N3S/c1-5-6-23-44-34-13-9-10-14-36(34)45-37-25-28(17-22-35(37)44)40-42-33-21-20-31-30-12-8-7-11-27(30)24-32(38(31)39(33)43-40)26-15-18-29(19-16-26)41(2,3)4/h7-22,24-25H,5-6,23H2,1-4H3,(H,42,43). The van der Waals surface area contributed by atoms with Gasteiger partial charge in [-0.3, -0.25) is 0 Å². The van der Waals surface area contributed by atoms with Crippen molar-refractivity contribution < 1.29 is 0 Å². The summed E-state index contributed by atoms with van der Waals surface area (Å²) >= 11 is 1.86. The molecule has 2 heterocycles. The maximum absolute atomic E-state index is 5.34. The fraction of sp³-hybridized carbons (Fsp3) is 0.195. The van der Waals surface area contributed by atoms with Gasteiger partial charge in [-0.25, -0.2) is 4.98 Å². The topological polar surface area (TPSA) is 31.9 Å². The largest absolute Gasteiger partial charge is 0.340 e. The molecule has 3 nitrogen and oxygen atoms in total. The number of aromatic amines is 1. The average Bonchev–Trinajstić information content (AvgIpc) is 3.50. The van der Waals surface area contributed by atoms with E-state index >= 15 is 0 Å². The minimum atomic E-state index is 0.108. The number of aromatic nitrogens is 2. The van der Waals surface area contributed by atoms with Crippen LogP contribution in [0.5, 0.6) is 0 Å². The number of hydrogen-bond acceptors (Lipinski definition) is 3. The van der Waals surface area contributed by atoms with Gasteiger partial charge >= 0.3 is 0 Å². The minimum absolute atomic E-state index is 0.108. The Labute approximate surface area is 269 Å². The number of nitrogens with one attached hydrogen (secondary N) is 1. The third kappa shape index (κ3) is 4.80. The molecule has 0 unspecified atom stereocenters. The molecule has 0 bridgehead atoms. The first-order chi connectivity index (χ1) is 21.9. The highest BCUT2D eigenvalue weighted by Gasteiger charge is 2.24. The first kappa shape index (κ1) is 28.0. The summed E-state index contributed by atoms with van der Waals surface area (Å²) in [7, 11) is 0. The van der Waals surface area contributed by atoms with E-state index in [1.807, 2.05) is 11.8 Å². The summed E-state index contributed by atoms with van der Waals surface area (Å²) in [6.45, 7) is 10.1. The second kappa shape index (κ2) is 10.8. The van der Waals surface area contributed by atoms with E-state index in [4.69, 9.17) is 4.98 Å². The van der Waals surface area contributed by atoms with E-state index in [1.165, 1.54) is 65.8 Å². The number of benzene rings is 6. The molecule has 222 valence electrons. The quantitative estimate of drug-likeness (QED) is 0.199. The number of para-hydroxylation sites is 1. The average molecular weight is 604 g/mol. The van der Waals surface area contributed by atoms with Gasteiger partial charge in [-0.1, -0.05) is 113 Å². The summed E-state index contributed by atoms with van der Waals surface area (Å²) in [4.78, 5) is 14.1. The highest BCUT2D eigenvalue weighted by atomic mass is 32.2. The van der Waals surface area contributed by atoms with Gasteiger partial charge in [0.1, 0.15) is 5.82 Å². The molecule has 1 aliphatic rings. The Morgan fingerprint density at radius 3 is 2.31 bits per heavy atom. The van der Waals surface area contributed by atoms with Gasteiger partial charge in [-0.2, -0.15) is 0 Å². The maximum atomic E-state index is 5.34. The van der Waals surface area contributed by atoms with Crippen molar-refractivity contribution in [1.29, 1.82) is 0 Å². The Morgan fingerprint density at radius 1 is 0.733 bits per heavy atom. The normalized spacial score (nSPS) is 13.0. The smallest absolute Gasteiger partial charge is 0.138 e. The molecular weight excluding hydrogens is 567 g/mol. The Balaban J connectivity index is 1.29. The van der Waals surface area contributed by atoms with Crippen LogP contribution in [-0.4, -0.2) is 16.5 Å². The number of hydrogen-bond donors (Lipinski definition) is 1. The van der Waals surface area contributed by atoms with Gasteiger partial charge in [0, 0.05) is 27.3 Å². The van der Waals surface area contributed by atoms with Crippen LogP contribution >= 0.6 is 11.8 Å². The number of imidazole rings is 1. The summed E-state index contributed by atoms with van der Waals surface area (Å²) < 4.78 is 0. The van der Waals surface area contributed by atoms with Crippen molar-refractivity contribution in [3.63, 3.8) is 0 Å². The molecule has 0 radical (unpaired) electrons. The predicted molar refractivity (Wildman–Crippen MR) is 193 cm³/mol. The molecule has 0 fully saturated rings. The first-order valence-corrected chi connectivity index (χ1v) is 16.8.